The Morgan fingerprint density at radius 2 is 1.83 bits per heavy atom. The predicted octanol–water partition coefficient (Wildman–Crippen LogP) is 4.55. The standard InChI is InChI=1S/C23H26ClN3O2/c1-16-5-7-17(8-6-16)23(28)27(11-12-29-4)15-19-13-18-9-10-20(24)14-21(18)25-22(19)26(2)3/h5-10,13-14H,11-12,15H2,1-4H3. The molecule has 0 saturated carbocycles. The minimum absolute atomic E-state index is 0.0250. The van der Waals surface area contributed by atoms with E-state index in [0.29, 0.717) is 30.3 Å². The number of benzene rings is 2. The number of aryl methyl sites for hydroxylation is 1. The number of pyridine rings is 1. The smallest absolute Gasteiger partial charge is 0.254 e. The van der Waals surface area contributed by atoms with E-state index in [1.807, 2.05) is 68.4 Å². The fourth-order valence-electron chi connectivity index (χ4n) is 3.22. The Kier molecular flexibility index (Phi) is 6.72. The quantitative estimate of drug-likeness (QED) is 0.572. The molecule has 0 saturated heterocycles. The molecule has 1 aromatic heterocycles. The van der Waals surface area contributed by atoms with Crippen LogP contribution in [0.15, 0.2) is 48.5 Å². The number of halogens is 1. The lowest BCUT2D eigenvalue weighted by Crippen LogP contribution is -2.34. The van der Waals surface area contributed by atoms with Gasteiger partial charge in [0.2, 0.25) is 0 Å². The number of rotatable bonds is 7. The Hall–Kier alpha value is -2.63. The van der Waals surface area contributed by atoms with Gasteiger partial charge in [0.25, 0.3) is 5.91 Å². The van der Waals surface area contributed by atoms with Gasteiger partial charge >= 0.3 is 0 Å². The first-order chi connectivity index (χ1) is 13.9. The average molecular weight is 412 g/mol. The highest BCUT2D eigenvalue weighted by Gasteiger charge is 2.19. The zero-order chi connectivity index (χ0) is 21.0. The largest absolute Gasteiger partial charge is 0.383 e. The second-order valence-corrected chi connectivity index (χ2v) is 7.72. The second-order valence-electron chi connectivity index (χ2n) is 7.29. The summed E-state index contributed by atoms with van der Waals surface area (Å²) in [7, 11) is 5.54. The maximum atomic E-state index is 13.2. The van der Waals surface area contributed by atoms with Crippen LogP contribution in [0.5, 0.6) is 0 Å². The molecule has 0 fully saturated rings. The summed E-state index contributed by atoms with van der Waals surface area (Å²) in [6.45, 7) is 3.41. The molecule has 6 heteroatoms. The van der Waals surface area contributed by atoms with Gasteiger partial charge in [0, 0.05) is 55.8 Å². The molecule has 3 rings (SSSR count). The third-order valence-electron chi connectivity index (χ3n) is 4.77. The van der Waals surface area contributed by atoms with Crippen LogP contribution in [0.25, 0.3) is 10.9 Å². The van der Waals surface area contributed by atoms with Crippen LogP contribution in [0.1, 0.15) is 21.5 Å². The van der Waals surface area contributed by atoms with Crippen LogP contribution >= 0.6 is 11.6 Å². The highest BCUT2D eigenvalue weighted by molar-refractivity contribution is 6.31. The van der Waals surface area contributed by atoms with Crippen molar-refractivity contribution in [2.75, 3.05) is 39.3 Å². The van der Waals surface area contributed by atoms with E-state index in [2.05, 4.69) is 6.07 Å². The number of methoxy groups -OCH3 is 1. The van der Waals surface area contributed by atoms with Crippen LogP contribution in [0.3, 0.4) is 0 Å². The van der Waals surface area contributed by atoms with Gasteiger partial charge in [-0.25, -0.2) is 4.98 Å². The van der Waals surface area contributed by atoms with E-state index < -0.39 is 0 Å². The Balaban J connectivity index is 1.98. The van der Waals surface area contributed by atoms with E-state index >= 15 is 0 Å². The summed E-state index contributed by atoms with van der Waals surface area (Å²) >= 11 is 6.13. The van der Waals surface area contributed by atoms with Crippen molar-refractivity contribution in [2.24, 2.45) is 0 Å². The topological polar surface area (TPSA) is 45.7 Å². The summed E-state index contributed by atoms with van der Waals surface area (Å²) in [6, 6.07) is 15.4. The van der Waals surface area contributed by atoms with Crippen molar-refractivity contribution in [1.82, 2.24) is 9.88 Å². The van der Waals surface area contributed by atoms with Gasteiger partial charge in [-0.1, -0.05) is 35.4 Å². The van der Waals surface area contributed by atoms with Crippen molar-refractivity contribution >= 4 is 34.2 Å². The van der Waals surface area contributed by atoms with Gasteiger partial charge in [0.15, 0.2) is 0 Å². The first-order valence-corrected chi connectivity index (χ1v) is 9.88. The van der Waals surface area contributed by atoms with Crippen LogP contribution in [0, 0.1) is 6.92 Å². The van der Waals surface area contributed by atoms with Crippen LogP contribution in [-0.4, -0.2) is 50.1 Å². The molecular weight excluding hydrogens is 386 g/mol. The van der Waals surface area contributed by atoms with Crippen molar-refractivity contribution in [3.63, 3.8) is 0 Å². The lowest BCUT2D eigenvalue weighted by Gasteiger charge is -2.25. The number of amides is 1. The van der Waals surface area contributed by atoms with E-state index in [1.54, 1.807) is 12.0 Å². The first kappa shape index (κ1) is 21.1. The van der Waals surface area contributed by atoms with Gasteiger partial charge in [-0.3, -0.25) is 4.79 Å². The molecule has 5 nitrogen and oxygen atoms in total. The van der Waals surface area contributed by atoms with Crippen molar-refractivity contribution in [3.05, 3.63) is 70.2 Å². The molecule has 1 amide bonds. The Labute approximate surface area is 176 Å². The Morgan fingerprint density at radius 1 is 1.10 bits per heavy atom. The normalized spacial score (nSPS) is 10.9. The third kappa shape index (κ3) is 5.05. The fraction of sp³-hybridized carbons (Fsp3) is 0.304. The number of aromatic nitrogens is 1. The molecule has 0 radical (unpaired) electrons. The Morgan fingerprint density at radius 3 is 2.48 bits per heavy atom. The molecule has 0 N–H and O–H groups in total. The predicted molar refractivity (Wildman–Crippen MR) is 119 cm³/mol. The number of fused-ring (bicyclic) bond motifs is 1. The SMILES string of the molecule is COCCN(Cc1cc2ccc(Cl)cc2nc1N(C)C)C(=O)c1ccc(C)cc1. The minimum Gasteiger partial charge on any atom is -0.383 e. The van der Waals surface area contributed by atoms with Crippen molar-refractivity contribution in [2.45, 2.75) is 13.5 Å². The van der Waals surface area contributed by atoms with Gasteiger partial charge in [0.1, 0.15) is 5.82 Å². The first-order valence-electron chi connectivity index (χ1n) is 9.50. The third-order valence-corrected chi connectivity index (χ3v) is 5.01. The molecule has 0 aliphatic heterocycles. The summed E-state index contributed by atoms with van der Waals surface area (Å²) < 4.78 is 5.24. The summed E-state index contributed by atoms with van der Waals surface area (Å²) in [4.78, 5) is 21.7. The van der Waals surface area contributed by atoms with E-state index in [-0.39, 0.29) is 5.91 Å². The van der Waals surface area contributed by atoms with Gasteiger partial charge in [-0.2, -0.15) is 0 Å². The highest BCUT2D eigenvalue weighted by atomic mass is 35.5. The average Bonchev–Trinajstić information content (AvgIpc) is 2.70. The zero-order valence-electron chi connectivity index (χ0n) is 17.3. The molecule has 152 valence electrons. The van der Waals surface area contributed by atoms with E-state index in [4.69, 9.17) is 21.3 Å². The lowest BCUT2D eigenvalue weighted by atomic mass is 10.1. The summed E-state index contributed by atoms with van der Waals surface area (Å²) in [5, 5.41) is 1.64. The van der Waals surface area contributed by atoms with Crippen molar-refractivity contribution in [1.29, 1.82) is 0 Å². The molecule has 0 bridgehead atoms. The van der Waals surface area contributed by atoms with Crippen LogP contribution < -0.4 is 4.90 Å². The van der Waals surface area contributed by atoms with Gasteiger partial charge in [-0.05, 0) is 37.3 Å². The fourth-order valence-corrected chi connectivity index (χ4v) is 3.38. The number of hydrogen-bond donors (Lipinski definition) is 0. The monoisotopic (exact) mass is 411 g/mol. The molecule has 0 aliphatic rings. The highest BCUT2D eigenvalue weighted by Crippen LogP contribution is 2.26. The Bertz CT molecular complexity index is 1000. The number of carbonyl (C=O) groups excluding carboxylic acids is 1. The zero-order valence-corrected chi connectivity index (χ0v) is 18.0. The number of hydrogen-bond acceptors (Lipinski definition) is 4. The minimum atomic E-state index is -0.0250. The molecule has 0 aliphatic carbocycles. The maximum absolute atomic E-state index is 13.2. The van der Waals surface area contributed by atoms with Crippen LogP contribution in [0.2, 0.25) is 5.02 Å². The maximum Gasteiger partial charge on any atom is 0.254 e. The van der Waals surface area contributed by atoms with Gasteiger partial charge in [-0.15, -0.1) is 0 Å². The van der Waals surface area contributed by atoms with E-state index in [1.165, 1.54) is 0 Å². The number of carbonyl (C=O) groups is 1. The van der Waals surface area contributed by atoms with E-state index in [0.717, 1.165) is 27.8 Å². The lowest BCUT2D eigenvalue weighted by molar-refractivity contribution is 0.0680. The summed E-state index contributed by atoms with van der Waals surface area (Å²) in [5.74, 6) is 0.793. The number of ether oxygens (including phenoxy) is 1. The summed E-state index contributed by atoms with van der Waals surface area (Å²) in [5.41, 5.74) is 3.59. The molecule has 1 heterocycles. The van der Waals surface area contributed by atoms with Crippen molar-refractivity contribution < 1.29 is 9.53 Å². The molecule has 3 aromatic rings. The van der Waals surface area contributed by atoms with E-state index in [9.17, 15) is 4.79 Å². The molecule has 2 aromatic carbocycles. The molecule has 0 atom stereocenters. The molecular formula is C23H26ClN3O2. The van der Waals surface area contributed by atoms with Crippen molar-refractivity contribution in [3.8, 4) is 0 Å². The second kappa shape index (κ2) is 9.25. The van der Waals surface area contributed by atoms with Gasteiger partial charge in [0.05, 0.1) is 12.1 Å². The molecule has 0 unspecified atom stereocenters. The number of nitrogens with zero attached hydrogens (tertiary/aromatic N) is 3. The van der Waals surface area contributed by atoms with Crippen LogP contribution in [0.4, 0.5) is 5.82 Å². The van der Waals surface area contributed by atoms with Crippen LogP contribution in [-0.2, 0) is 11.3 Å². The summed E-state index contributed by atoms with van der Waals surface area (Å²) in [6.07, 6.45) is 0. The molecule has 29 heavy (non-hydrogen) atoms. The molecule has 0 spiro atoms. The number of anilines is 1. The van der Waals surface area contributed by atoms with Gasteiger partial charge < -0.3 is 14.5 Å².